The molecule has 0 spiro atoms. The van der Waals surface area contributed by atoms with Crippen LogP contribution < -0.4 is 5.73 Å². The molecule has 0 aliphatic carbocycles. The Morgan fingerprint density at radius 1 is 1.16 bits per heavy atom. The van der Waals surface area contributed by atoms with Crippen LogP contribution in [0.25, 0.3) is 0 Å². The molecule has 3 N–H and O–H groups in total. The summed E-state index contributed by atoms with van der Waals surface area (Å²) in [5.74, 6) is -0.384. The van der Waals surface area contributed by atoms with Gasteiger partial charge in [-0.25, -0.2) is 4.39 Å². The lowest BCUT2D eigenvalue weighted by Crippen LogP contribution is -2.08. The number of aliphatic hydroxyl groups excluding tert-OH is 1. The fraction of sp³-hybridized carbons (Fsp3) is 0.250. The molecule has 2 rings (SSSR count). The summed E-state index contributed by atoms with van der Waals surface area (Å²) in [6.07, 6.45) is -0.359. The van der Waals surface area contributed by atoms with Crippen LogP contribution in [0.5, 0.6) is 0 Å². The minimum absolute atomic E-state index is 0.384. The van der Waals surface area contributed by atoms with E-state index in [0.717, 1.165) is 16.7 Å². The van der Waals surface area contributed by atoms with Gasteiger partial charge in [-0.05, 0) is 48.7 Å². The average Bonchev–Trinajstić information content (AvgIpc) is 2.37. The molecule has 19 heavy (non-hydrogen) atoms. The number of anilines is 1. The summed E-state index contributed by atoms with van der Waals surface area (Å²) in [6, 6.07) is 10.1. The Morgan fingerprint density at radius 3 is 2.42 bits per heavy atom. The van der Waals surface area contributed by atoms with Crippen molar-refractivity contribution in [1.29, 1.82) is 0 Å². The number of nitrogens with two attached hydrogens (primary N) is 1. The van der Waals surface area contributed by atoms with Crippen molar-refractivity contribution < 1.29 is 9.50 Å². The zero-order chi connectivity index (χ0) is 14.0. The van der Waals surface area contributed by atoms with Gasteiger partial charge in [0, 0.05) is 17.7 Å². The van der Waals surface area contributed by atoms with Crippen molar-refractivity contribution >= 4 is 5.69 Å². The summed E-state index contributed by atoms with van der Waals surface area (Å²) in [7, 11) is 0. The first-order valence-electron chi connectivity index (χ1n) is 6.27. The van der Waals surface area contributed by atoms with Crippen molar-refractivity contribution in [2.75, 3.05) is 5.73 Å². The van der Waals surface area contributed by atoms with Crippen LogP contribution in [0.3, 0.4) is 0 Å². The van der Waals surface area contributed by atoms with Crippen LogP contribution in [0.2, 0.25) is 0 Å². The summed E-state index contributed by atoms with van der Waals surface area (Å²) in [5.41, 5.74) is 9.98. The van der Waals surface area contributed by atoms with E-state index in [2.05, 4.69) is 0 Å². The molecule has 0 fully saturated rings. The second-order valence-corrected chi connectivity index (χ2v) is 4.86. The van der Waals surface area contributed by atoms with Crippen molar-refractivity contribution in [1.82, 2.24) is 0 Å². The van der Waals surface area contributed by atoms with Gasteiger partial charge < -0.3 is 10.8 Å². The molecular formula is C16H18FNO. The normalized spacial score (nSPS) is 12.4. The number of halogens is 1. The van der Waals surface area contributed by atoms with Crippen LogP contribution in [0.4, 0.5) is 10.1 Å². The number of hydrogen-bond donors (Lipinski definition) is 2. The van der Waals surface area contributed by atoms with Crippen molar-refractivity contribution in [2.45, 2.75) is 26.4 Å². The smallest absolute Gasteiger partial charge is 0.123 e. The standard InChI is InChI=1S/C16H18FNO/c1-10-4-3-5-11(2)13(10)9-16(19)14-8-12(17)6-7-15(14)18/h3-8,16,19H,9,18H2,1-2H3. The van der Waals surface area contributed by atoms with E-state index in [1.165, 1.54) is 18.2 Å². The Morgan fingerprint density at radius 2 is 1.79 bits per heavy atom. The fourth-order valence-electron chi connectivity index (χ4n) is 2.31. The summed E-state index contributed by atoms with van der Waals surface area (Å²) in [4.78, 5) is 0. The Bertz CT molecular complexity index is 575. The summed E-state index contributed by atoms with van der Waals surface area (Å²) >= 11 is 0. The van der Waals surface area contributed by atoms with E-state index < -0.39 is 6.10 Å². The van der Waals surface area contributed by atoms with Gasteiger partial charge in [-0.3, -0.25) is 0 Å². The van der Waals surface area contributed by atoms with Crippen LogP contribution in [0, 0.1) is 19.7 Å². The Balaban J connectivity index is 2.31. The largest absolute Gasteiger partial charge is 0.398 e. The minimum Gasteiger partial charge on any atom is -0.398 e. The third-order valence-electron chi connectivity index (χ3n) is 3.45. The van der Waals surface area contributed by atoms with Gasteiger partial charge in [0.15, 0.2) is 0 Å². The second kappa shape index (κ2) is 5.41. The highest BCUT2D eigenvalue weighted by atomic mass is 19.1. The van der Waals surface area contributed by atoms with Crippen LogP contribution in [0.15, 0.2) is 36.4 Å². The van der Waals surface area contributed by atoms with E-state index in [0.29, 0.717) is 17.7 Å². The highest BCUT2D eigenvalue weighted by Gasteiger charge is 2.15. The number of aryl methyl sites for hydroxylation is 2. The molecule has 0 heterocycles. The number of aliphatic hydroxyl groups is 1. The SMILES string of the molecule is Cc1cccc(C)c1CC(O)c1cc(F)ccc1N. The first-order valence-corrected chi connectivity index (χ1v) is 6.27. The molecule has 0 aliphatic rings. The van der Waals surface area contributed by atoms with Gasteiger partial charge >= 0.3 is 0 Å². The molecule has 2 aromatic carbocycles. The molecule has 0 bridgehead atoms. The molecule has 1 unspecified atom stereocenters. The predicted octanol–water partition coefficient (Wildman–Crippen LogP) is 3.30. The van der Waals surface area contributed by atoms with E-state index in [4.69, 9.17) is 5.73 Å². The highest BCUT2D eigenvalue weighted by Crippen LogP contribution is 2.27. The molecule has 0 amide bonds. The number of benzene rings is 2. The molecule has 3 heteroatoms. The lowest BCUT2D eigenvalue weighted by Gasteiger charge is -2.16. The monoisotopic (exact) mass is 259 g/mol. The van der Waals surface area contributed by atoms with E-state index in [9.17, 15) is 9.50 Å². The number of rotatable bonds is 3. The second-order valence-electron chi connectivity index (χ2n) is 4.86. The van der Waals surface area contributed by atoms with E-state index >= 15 is 0 Å². The molecule has 2 nitrogen and oxygen atoms in total. The van der Waals surface area contributed by atoms with Crippen LogP contribution in [-0.4, -0.2) is 5.11 Å². The van der Waals surface area contributed by atoms with Gasteiger partial charge in [0.2, 0.25) is 0 Å². The van der Waals surface area contributed by atoms with Crippen LogP contribution in [-0.2, 0) is 6.42 Å². The van der Waals surface area contributed by atoms with E-state index in [1.54, 1.807) is 0 Å². The van der Waals surface area contributed by atoms with Gasteiger partial charge in [-0.15, -0.1) is 0 Å². The molecule has 100 valence electrons. The zero-order valence-electron chi connectivity index (χ0n) is 11.2. The van der Waals surface area contributed by atoms with Gasteiger partial charge in [0.05, 0.1) is 6.10 Å². The minimum atomic E-state index is -0.796. The Kier molecular flexibility index (Phi) is 3.86. The first kappa shape index (κ1) is 13.6. The maximum Gasteiger partial charge on any atom is 0.123 e. The summed E-state index contributed by atoms with van der Waals surface area (Å²) in [5, 5.41) is 10.3. The molecule has 0 saturated carbocycles. The average molecular weight is 259 g/mol. The molecule has 0 aliphatic heterocycles. The fourth-order valence-corrected chi connectivity index (χ4v) is 2.31. The number of hydrogen-bond acceptors (Lipinski definition) is 2. The third-order valence-corrected chi connectivity index (χ3v) is 3.45. The van der Waals surface area contributed by atoms with Gasteiger partial charge in [-0.1, -0.05) is 18.2 Å². The summed E-state index contributed by atoms with van der Waals surface area (Å²) < 4.78 is 13.2. The molecule has 0 radical (unpaired) electrons. The molecular weight excluding hydrogens is 241 g/mol. The van der Waals surface area contributed by atoms with Crippen molar-refractivity contribution in [3.8, 4) is 0 Å². The van der Waals surface area contributed by atoms with Crippen LogP contribution >= 0.6 is 0 Å². The molecule has 2 aromatic rings. The highest BCUT2D eigenvalue weighted by molar-refractivity contribution is 5.49. The van der Waals surface area contributed by atoms with Crippen molar-refractivity contribution in [3.05, 3.63) is 64.5 Å². The van der Waals surface area contributed by atoms with Crippen molar-refractivity contribution in [3.63, 3.8) is 0 Å². The molecule has 1 atom stereocenters. The van der Waals surface area contributed by atoms with E-state index in [-0.39, 0.29) is 5.82 Å². The first-order chi connectivity index (χ1) is 8.99. The zero-order valence-corrected chi connectivity index (χ0v) is 11.2. The van der Waals surface area contributed by atoms with Gasteiger partial charge in [0.1, 0.15) is 5.82 Å². The molecule has 0 saturated heterocycles. The quantitative estimate of drug-likeness (QED) is 0.831. The lowest BCUT2D eigenvalue weighted by atomic mass is 9.94. The summed E-state index contributed by atoms with van der Waals surface area (Å²) in [6.45, 7) is 4.01. The predicted molar refractivity (Wildman–Crippen MR) is 75.4 cm³/mol. The maximum atomic E-state index is 13.2. The topological polar surface area (TPSA) is 46.2 Å². The van der Waals surface area contributed by atoms with Gasteiger partial charge in [0.25, 0.3) is 0 Å². The third kappa shape index (κ3) is 2.93. The van der Waals surface area contributed by atoms with Crippen molar-refractivity contribution in [2.24, 2.45) is 0 Å². The number of nitrogen functional groups attached to an aromatic ring is 1. The molecule has 0 aromatic heterocycles. The Labute approximate surface area is 112 Å². The van der Waals surface area contributed by atoms with E-state index in [1.807, 2.05) is 32.0 Å². The van der Waals surface area contributed by atoms with Crippen LogP contribution in [0.1, 0.15) is 28.4 Å². The Hall–Kier alpha value is -1.87. The lowest BCUT2D eigenvalue weighted by molar-refractivity contribution is 0.178. The maximum absolute atomic E-state index is 13.2. The van der Waals surface area contributed by atoms with Gasteiger partial charge in [-0.2, -0.15) is 0 Å².